The van der Waals surface area contributed by atoms with E-state index in [4.69, 9.17) is 9.72 Å². The number of carbonyl (C=O) groups excluding carboxylic acids is 1. The minimum absolute atomic E-state index is 0.0451. The predicted molar refractivity (Wildman–Crippen MR) is 151 cm³/mol. The number of pyridine rings is 2. The van der Waals surface area contributed by atoms with Gasteiger partial charge in [0.25, 0.3) is 11.5 Å². The van der Waals surface area contributed by atoms with Crippen molar-refractivity contribution in [2.45, 2.75) is 51.7 Å². The third-order valence-electron chi connectivity index (χ3n) is 6.66. The molecule has 0 spiro atoms. The summed E-state index contributed by atoms with van der Waals surface area (Å²) in [6.45, 7) is 9.08. The highest BCUT2D eigenvalue weighted by atomic mass is 32.1. The van der Waals surface area contributed by atoms with Crippen molar-refractivity contribution in [3.05, 3.63) is 58.1 Å². The van der Waals surface area contributed by atoms with Gasteiger partial charge >= 0.3 is 0 Å². The summed E-state index contributed by atoms with van der Waals surface area (Å²) in [5, 5.41) is 3.50. The summed E-state index contributed by atoms with van der Waals surface area (Å²) < 4.78 is 7.43. The highest BCUT2D eigenvalue weighted by Gasteiger charge is 2.22. The second kappa shape index (κ2) is 10.7. The van der Waals surface area contributed by atoms with Crippen molar-refractivity contribution in [1.82, 2.24) is 24.4 Å². The molecule has 8 nitrogen and oxygen atoms in total. The van der Waals surface area contributed by atoms with Crippen LogP contribution in [-0.2, 0) is 11.5 Å². The Hall–Kier alpha value is -3.08. The van der Waals surface area contributed by atoms with E-state index >= 15 is 0 Å². The summed E-state index contributed by atoms with van der Waals surface area (Å²) in [7, 11) is -1.26. The zero-order valence-electron chi connectivity index (χ0n) is 21.6. The van der Waals surface area contributed by atoms with E-state index in [1.165, 1.54) is 15.9 Å². The van der Waals surface area contributed by atoms with Gasteiger partial charge < -0.3 is 14.6 Å². The SMILES string of the molecule is C[Si](C)(C)CCOCn1cc(C(=O)N2CCCCC2)cc(-c2nc(-c3c[nH]c4ncccc34)cs2)c1=O. The molecule has 0 bridgehead atoms. The molecule has 0 atom stereocenters. The standard InChI is InChI=1S/C27H33N5O3SSi/c1-37(2,3)13-12-35-18-32-16-19(26(33)31-10-5-4-6-11-31)14-21(27(32)34)25-30-23(17-36-25)22-15-29-24-20(22)8-7-9-28-24/h7-9,14-17H,4-6,10-13,18H2,1-3H3,(H,28,29). The number of H-pyrrole nitrogens is 1. The van der Waals surface area contributed by atoms with Gasteiger partial charge in [0.15, 0.2) is 0 Å². The predicted octanol–water partition coefficient (Wildman–Crippen LogP) is 5.45. The molecule has 1 aliphatic heterocycles. The number of amides is 1. The molecule has 1 N–H and O–H groups in total. The highest BCUT2D eigenvalue weighted by molar-refractivity contribution is 7.13. The topological polar surface area (TPSA) is 93.1 Å². The third-order valence-corrected chi connectivity index (χ3v) is 9.24. The van der Waals surface area contributed by atoms with Crippen LogP contribution in [0.4, 0.5) is 0 Å². The van der Waals surface area contributed by atoms with Crippen molar-refractivity contribution < 1.29 is 9.53 Å². The Morgan fingerprint density at radius 1 is 1.19 bits per heavy atom. The average Bonchev–Trinajstić information content (AvgIpc) is 3.54. The Kier molecular flexibility index (Phi) is 7.41. The summed E-state index contributed by atoms with van der Waals surface area (Å²) in [4.78, 5) is 41.2. The van der Waals surface area contributed by atoms with Crippen LogP contribution in [0.15, 0.2) is 47.0 Å². The summed E-state index contributed by atoms with van der Waals surface area (Å²) in [5.74, 6) is -0.0451. The molecular formula is C27H33N5O3SSi. The van der Waals surface area contributed by atoms with Crippen LogP contribution in [0.5, 0.6) is 0 Å². The van der Waals surface area contributed by atoms with E-state index in [2.05, 4.69) is 29.6 Å². The molecule has 0 unspecified atom stereocenters. The Balaban J connectivity index is 1.49. The summed E-state index contributed by atoms with van der Waals surface area (Å²) in [5.41, 5.74) is 3.21. The van der Waals surface area contributed by atoms with E-state index in [1.54, 1.807) is 18.5 Å². The minimum Gasteiger partial charge on any atom is -0.361 e. The Morgan fingerprint density at radius 2 is 2.00 bits per heavy atom. The highest BCUT2D eigenvalue weighted by Crippen LogP contribution is 2.32. The number of nitrogens with zero attached hydrogens (tertiary/aromatic N) is 4. The van der Waals surface area contributed by atoms with Crippen LogP contribution in [0.1, 0.15) is 29.6 Å². The molecule has 194 valence electrons. The van der Waals surface area contributed by atoms with Gasteiger partial charge in [0.1, 0.15) is 17.4 Å². The molecule has 5 heterocycles. The fraction of sp³-hybridized carbons (Fsp3) is 0.407. The Bertz CT molecular complexity index is 1460. The number of rotatable bonds is 8. The van der Waals surface area contributed by atoms with Gasteiger partial charge in [-0.1, -0.05) is 19.6 Å². The van der Waals surface area contributed by atoms with Crippen molar-refractivity contribution >= 4 is 36.4 Å². The van der Waals surface area contributed by atoms with Gasteiger partial charge in [-0.15, -0.1) is 11.3 Å². The fourth-order valence-corrected chi connectivity index (χ4v) is 6.10. The lowest BCUT2D eigenvalue weighted by Gasteiger charge is -2.27. The summed E-state index contributed by atoms with van der Waals surface area (Å²) in [6.07, 6.45) is 8.44. The van der Waals surface area contributed by atoms with E-state index in [0.29, 0.717) is 22.7 Å². The zero-order chi connectivity index (χ0) is 26.0. The number of aromatic amines is 1. The van der Waals surface area contributed by atoms with Crippen molar-refractivity contribution in [3.63, 3.8) is 0 Å². The maximum absolute atomic E-state index is 13.5. The van der Waals surface area contributed by atoms with E-state index in [-0.39, 0.29) is 18.2 Å². The second-order valence-corrected chi connectivity index (χ2v) is 17.2. The number of piperidine rings is 1. The van der Waals surface area contributed by atoms with E-state index in [1.807, 2.05) is 28.6 Å². The minimum atomic E-state index is -1.26. The lowest BCUT2D eigenvalue weighted by molar-refractivity contribution is 0.0715. The first kappa shape index (κ1) is 25.6. The molecule has 10 heteroatoms. The normalized spacial score (nSPS) is 14.4. The molecule has 0 aromatic carbocycles. The fourth-order valence-electron chi connectivity index (χ4n) is 4.51. The molecule has 0 aliphatic carbocycles. The lowest BCUT2D eigenvalue weighted by Crippen LogP contribution is -2.36. The quantitative estimate of drug-likeness (QED) is 0.239. The molecule has 1 aliphatic rings. The number of ether oxygens (including phenoxy) is 1. The number of thiazole rings is 1. The molecule has 4 aromatic heterocycles. The van der Waals surface area contributed by atoms with Gasteiger partial charge in [0.2, 0.25) is 0 Å². The molecule has 1 fully saturated rings. The average molecular weight is 536 g/mol. The number of fused-ring (bicyclic) bond motifs is 1. The number of aromatic nitrogens is 4. The first-order valence-electron chi connectivity index (χ1n) is 12.8. The monoisotopic (exact) mass is 535 g/mol. The van der Waals surface area contributed by atoms with Crippen LogP contribution in [0.3, 0.4) is 0 Å². The Morgan fingerprint density at radius 3 is 2.78 bits per heavy atom. The molecular weight excluding hydrogens is 502 g/mol. The van der Waals surface area contributed by atoms with Crippen molar-refractivity contribution in [3.8, 4) is 21.8 Å². The summed E-state index contributed by atoms with van der Waals surface area (Å²) in [6, 6.07) is 6.60. The molecule has 4 aromatic rings. The number of likely N-dealkylation sites (tertiary alicyclic amines) is 1. The van der Waals surface area contributed by atoms with Crippen LogP contribution in [0, 0.1) is 0 Å². The van der Waals surface area contributed by atoms with E-state index in [0.717, 1.165) is 60.7 Å². The molecule has 1 saturated heterocycles. The molecule has 5 rings (SSSR count). The maximum Gasteiger partial charge on any atom is 0.262 e. The van der Waals surface area contributed by atoms with Crippen molar-refractivity contribution in [1.29, 1.82) is 0 Å². The first-order valence-corrected chi connectivity index (χ1v) is 17.4. The number of hydrogen-bond donors (Lipinski definition) is 1. The van der Waals surface area contributed by atoms with E-state index < -0.39 is 8.07 Å². The van der Waals surface area contributed by atoms with Gasteiger partial charge in [-0.05, 0) is 43.5 Å². The van der Waals surface area contributed by atoms with Gasteiger partial charge in [-0.2, -0.15) is 0 Å². The lowest BCUT2D eigenvalue weighted by atomic mass is 10.1. The largest absolute Gasteiger partial charge is 0.361 e. The van der Waals surface area contributed by atoms with Crippen LogP contribution in [-0.4, -0.2) is 58.1 Å². The van der Waals surface area contributed by atoms with Gasteiger partial charge in [0, 0.05) is 62.7 Å². The van der Waals surface area contributed by atoms with E-state index in [9.17, 15) is 9.59 Å². The number of nitrogens with one attached hydrogen (secondary N) is 1. The molecule has 0 saturated carbocycles. The number of hydrogen-bond acceptors (Lipinski definition) is 6. The van der Waals surface area contributed by atoms with Crippen LogP contribution in [0.25, 0.3) is 32.9 Å². The number of carbonyl (C=O) groups is 1. The van der Waals surface area contributed by atoms with Crippen LogP contribution >= 0.6 is 11.3 Å². The zero-order valence-corrected chi connectivity index (χ0v) is 23.4. The molecule has 1 amide bonds. The van der Waals surface area contributed by atoms with Crippen molar-refractivity contribution in [2.24, 2.45) is 0 Å². The van der Waals surface area contributed by atoms with Gasteiger partial charge in [-0.25, -0.2) is 9.97 Å². The molecule has 0 radical (unpaired) electrons. The van der Waals surface area contributed by atoms with Gasteiger partial charge in [-0.3, -0.25) is 14.2 Å². The smallest absolute Gasteiger partial charge is 0.262 e. The maximum atomic E-state index is 13.5. The summed E-state index contributed by atoms with van der Waals surface area (Å²) >= 11 is 1.40. The van der Waals surface area contributed by atoms with Gasteiger partial charge in [0.05, 0.1) is 16.8 Å². The molecule has 37 heavy (non-hydrogen) atoms. The third kappa shape index (κ3) is 5.76. The Labute approximate surface area is 221 Å². The van der Waals surface area contributed by atoms with Crippen LogP contribution in [0.2, 0.25) is 25.7 Å². The van der Waals surface area contributed by atoms with Crippen LogP contribution < -0.4 is 5.56 Å². The van der Waals surface area contributed by atoms with Crippen molar-refractivity contribution in [2.75, 3.05) is 19.7 Å². The second-order valence-electron chi connectivity index (χ2n) is 10.8. The first-order chi connectivity index (χ1) is 17.8.